The van der Waals surface area contributed by atoms with Crippen LogP contribution in [0.2, 0.25) is 0 Å². The van der Waals surface area contributed by atoms with Gasteiger partial charge in [0.1, 0.15) is 5.75 Å². The largest absolute Gasteiger partial charge is 0.496 e. The van der Waals surface area contributed by atoms with Crippen LogP contribution >= 0.6 is 15.9 Å². The summed E-state index contributed by atoms with van der Waals surface area (Å²) in [5.41, 5.74) is 1.93. The Hall–Kier alpha value is -1.85. The second kappa shape index (κ2) is 7.81. The van der Waals surface area contributed by atoms with Gasteiger partial charge in [0.2, 0.25) is 0 Å². The van der Waals surface area contributed by atoms with E-state index in [1.54, 1.807) is 7.11 Å². The molecule has 2 aromatic rings. The van der Waals surface area contributed by atoms with Crippen LogP contribution in [0.4, 0.5) is 0 Å². The Morgan fingerprint density at radius 3 is 2.54 bits per heavy atom. The molecule has 3 rings (SSSR count). The molecule has 1 saturated heterocycles. The molecule has 2 aromatic carbocycles. The van der Waals surface area contributed by atoms with E-state index in [4.69, 9.17) is 4.74 Å². The van der Waals surface area contributed by atoms with Gasteiger partial charge in [-0.15, -0.1) is 0 Å². The van der Waals surface area contributed by atoms with Crippen LogP contribution in [-0.2, 0) is 6.54 Å². The number of piperazine rings is 1. The molecule has 0 unspecified atom stereocenters. The molecule has 4 nitrogen and oxygen atoms in total. The Bertz CT molecular complexity index is 712. The molecule has 126 valence electrons. The highest BCUT2D eigenvalue weighted by Gasteiger charge is 2.22. The van der Waals surface area contributed by atoms with Crippen LogP contribution in [0.1, 0.15) is 15.9 Å². The van der Waals surface area contributed by atoms with E-state index in [2.05, 4.69) is 26.9 Å². The number of para-hydroxylation sites is 1. The second-order valence-electron chi connectivity index (χ2n) is 5.89. The van der Waals surface area contributed by atoms with Gasteiger partial charge >= 0.3 is 0 Å². The summed E-state index contributed by atoms with van der Waals surface area (Å²) in [5, 5.41) is 0. The van der Waals surface area contributed by atoms with Crippen molar-refractivity contribution in [2.24, 2.45) is 0 Å². The minimum Gasteiger partial charge on any atom is -0.496 e. The van der Waals surface area contributed by atoms with Gasteiger partial charge in [-0.05, 0) is 24.3 Å². The number of methoxy groups -OCH3 is 1. The summed E-state index contributed by atoms with van der Waals surface area (Å²) in [7, 11) is 1.70. The molecule has 1 fully saturated rings. The van der Waals surface area contributed by atoms with Crippen LogP contribution in [0.3, 0.4) is 0 Å². The van der Waals surface area contributed by atoms with Gasteiger partial charge in [-0.25, -0.2) is 0 Å². The molecule has 0 spiro atoms. The lowest BCUT2D eigenvalue weighted by Crippen LogP contribution is -2.48. The third-order valence-corrected chi connectivity index (χ3v) is 4.81. The van der Waals surface area contributed by atoms with Gasteiger partial charge in [0.15, 0.2) is 0 Å². The number of carbonyl (C=O) groups excluding carboxylic acids is 1. The number of ether oxygens (including phenoxy) is 1. The summed E-state index contributed by atoms with van der Waals surface area (Å²) in [4.78, 5) is 16.9. The molecule has 0 N–H and O–H groups in total. The first-order valence-corrected chi connectivity index (χ1v) is 8.86. The predicted molar refractivity (Wildman–Crippen MR) is 98.3 cm³/mol. The van der Waals surface area contributed by atoms with Crippen molar-refractivity contribution in [1.82, 2.24) is 9.80 Å². The minimum absolute atomic E-state index is 0.105. The van der Waals surface area contributed by atoms with E-state index in [-0.39, 0.29) is 5.91 Å². The summed E-state index contributed by atoms with van der Waals surface area (Å²) in [6.07, 6.45) is 0. The summed E-state index contributed by atoms with van der Waals surface area (Å²) in [6, 6.07) is 15.7. The minimum atomic E-state index is 0.105. The molecule has 5 heteroatoms. The number of carbonyl (C=O) groups is 1. The topological polar surface area (TPSA) is 32.8 Å². The van der Waals surface area contributed by atoms with Gasteiger partial charge in [-0.3, -0.25) is 9.69 Å². The van der Waals surface area contributed by atoms with Crippen molar-refractivity contribution < 1.29 is 9.53 Å². The molecule has 0 saturated carbocycles. The molecule has 0 bridgehead atoms. The fraction of sp³-hybridized carbons (Fsp3) is 0.316. The van der Waals surface area contributed by atoms with Gasteiger partial charge in [-0.2, -0.15) is 0 Å². The number of halogens is 1. The van der Waals surface area contributed by atoms with E-state index in [0.29, 0.717) is 0 Å². The third kappa shape index (κ3) is 3.97. The molecule has 1 aliphatic rings. The second-order valence-corrected chi connectivity index (χ2v) is 6.81. The molecule has 0 aliphatic carbocycles. The molecule has 24 heavy (non-hydrogen) atoms. The number of benzene rings is 2. The maximum Gasteiger partial charge on any atom is 0.253 e. The summed E-state index contributed by atoms with van der Waals surface area (Å²) >= 11 is 3.42. The fourth-order valence-electron chi connectivity index (χ4n) is 2.99. The van der Waals surface area contributed by atoms with Crippen LogP contribution in [0.25, 0.3) is 0 Å². The highest BCUT2D eigenvalue weighted by Crippen LogP contribution is 2.20. The molecule has 0 aromatic heterocycles. The molecular formula is C19H21BrN2O2. The quantitative estimate of drug-likeness (QED) is 0.804. The highest BCUT2D eigenvalue weighted by atomic mass is 79.9. The average molecular weight is 389 g/mol. The number of hydrogen-bond acceptors (Lipinski definition) is 3. The fourth-order valence-corrected chi connectivity index (χ4v) is 3.39. The normalized spacial score (nSPS) is 15.3. The molecule has 1 heterocycles. The maximum atomic E-state index is 12.6. The molecule has 0 atom stereocenters. The summed E-state index contributed by atoms with van der Waals surface area (Å²) in [5.74, 6) is 1.03. The van der Waals surface area contributed by atoms with E-state index in [0.717, 1.165) is 48.5 Å². The molecule has 1 aliphatic heterocycles. The van der Waals surface area contributed by atoms with Gasteiger partial charge < -0.3 is 9.64 Å². The first kappa shape index (κ1) is 17.0. The Labute approximate surface area is 151 Å². The van der Waals surface area contributed by atoms with Crippen molar-refractivity contribution in [3.8, 4) is 5.75 Å². The zero-order valence-electron chi connectivity index (χ0n) is 13.7. The van der Waals surface area contributed by atoms with Crippen molar-refractivity contribution in [1.29, 1.82) is 0 Å². The number of nitrogens with zero attached hydrogens (tertiary/aromatic N) is 2. The first-order chi connectivity index (χ1) is 11.7. The Kier molecular flexibility index (Phi) is 5.53. The van der Waals surface area contributed by atoms with Gasteiger partial charge in [0.05, 0.1) is 7.11 Å². The Morgan fingerprint density at radius 1 is 1.08 bits per heavy atom. The number of rotatable bonds is 4. The maximum absolute atomic E-state index is 12.6. The SMILES string of the molecule is COc1ccccc1CN1CCN(C(=O)c2cccc(Br)c2)CC1. The van der Waals surface area contributed by atoms with Crippen molar-refractivity contribution >= 4 is 21.8 Å². The zero-order chi connectivity index (χ0) is 16.9. The van der Waals surface area contributed by atoms with Crippen LogP contribution in [0, 0.1) is 0 Å². The molecular weight excluding hydrogens is 368 g/mol. The van der Waals surface area contributed by atoms with Crippen molar-refractivity contribution in [2.75, 3.05) is 33.3 Å². The van der Waals surface area contributed by atoms with E-state index >= 15 is 0 Å². The van der Waals surface area contributed by atoms with Crippen LogP contribution in [0.5, 0.6) is 5.75 Å². The smallest absolute Gasteiger partial charge is 0.253 e. The van der Waals surface area contributed by atoms with Crippen LogP contribution in [-0.4, -0.2) is 49.0 Å². The Morgan fingerprint density at radius 2 is 1.83 bits per heavy atom. The highest BCUT2D eigenvalue weighted by molar-refractivity contribution is 9.10. The standard InChI is InChI=1S/C19H21BrN2O2/c1-24-18-8-3-2-5-16(18)14-21-9-11-22(12-10-21)19(23)15-6-4-7-17(20)13-15/h2-8,13H,9-12,14H2,1H3. The van der Waals surface area contributed by atoms with Crippen molar-refractivity contribution in [3.63, 3.8) is 0 Å². The van der Waals surface area contributed by atoms with Crippen LogP contribution in [0.15, 0.2) is 53.0 Å². The van der Waals surface area contributed by atoms with E-state index < -0.39 is 0 Å². The Balaban J connectivity index is 1.58. The monoisotopic (exact) mass is 388 g/mol. The van der Waals surface area contributed by atoms with E-state index in [1.807, 2.05) is 47.4 Å². The van der Waals surface area contributed by atoms with Crippen molar-refractivity contribution in [3.05, 3.63) is 64.1 Å². The van der Waals surface area contributed by atoms with Crippen molar-refractivity contribution in [2.45, 2.75) is 6.54 Å². The van der Waals surface area contributed by atoms with E-state index in [9.17, 15) is 4.79 Å². The lowest BCUT2D eigenvalue weighted by molar-refractivity contribution is 0.0627. The average Bonchev–Trinajstić information content (AvgIpc) is 2.62. The molecule has 0 radical (unpaired) electrons. The number of hydrogen-bond donors (Lipinski definition) is 0. The van der Waals surface area contributed by atoms with Gasteiger partial charge in [0.25, 0.3) is 5.91 Å². The zero-order valence-corrected chi connectivity index (χ0v) is 15.3. The van der Waals surface area contributed by atoms with Crippen LogP contribution < -0.4 is 4.74 Å². The third-order valence-electron chi connectivity index (χ3n) is 4.32. The van der Waals surface area contributed by atoms with E-state index in [1.165, 1.54) is 5.56 Å². The first-order valence-electron chi connectivity index (χ1n) is 8.06. The number of amides is 1. The van der Waals surface area contributed by atoms with Gasteiger partial charge in [-0.1, -0.05) is 40.2 Å². The summed E-state index contributed by atoms with van der Waals surface area (Å²) in [6.45, 7) is 4.10. The molecule has 1 amide bonds. The predicted octanol–water partition coefficient (Wildman–Crippen LogP) is 3.42. The lowest BCUT2D eigenvalue weighted by Gasteiger charge is -2.35. The van der Waals surface area contributed by atoms with Gasteiger partial charge in [0, 0.05) is 48.3 Å². The summed E-state index contributed by atoms with van der Waals surface area (Å²) < 4.78 is 6.35. The lowest BCUT2D eigenvalue weighted by atomic mass is 10.1.